The topological polar surface area (TPSA) is 100 Å². The van der Waals surface area contributed by atoms with Gasteiger partial charge in [-0.2, -0.15) is 4.72 Å². The Kier molecular flexibility index (Phi) is 6.03. The van der Waals surface area contributed by atoms with E-state index >= 15 is 0 Å². The van der Waals surface area contributed by atoms with Gasteiger partial charge in [-0.15, -0.1) is 0 Å². The van der Waals surface area contributed by atoms with Crippen molar-refractivity contribution < 1.29 is 32.2 Å². The Labute approximate surface area is 162 Å². The van der Waals surface area contributed by atoms with Crippen molar-refractivity contribution in [3.05, 3.63) is 48.0 Å². The fourth-order valence-electron chi connectivity index (χ4n) is 2.30. The van der Waals surface area contributed by atoms with Gasteiger partial charge in [0.25, 0.3) is 0 Å². The molecule has 0 bridgehead atoms. The predicted octanol–water partition coefficient (Wildman–Crippen LogP) is 1.56. The summed E-state index contributed by atoms with van der Waals surface area (Å²) in [6, 6.07) is 10.6. The third kappa shape index (κ3) is 4.73. The van der Waals surface area contributed by atoms with Gasteiger partial charge in [0.1, 0.15) is 12.4 Å². The van der Waals surface area contributed by atoms with E-state index in [0.717, 1.165) is 0 Å². The van der Waals surface area contributed by atoms with Crippen molar-refractivity contribution in [2.75, 3.05) is 27.1 Å². The van der Waals surface area contributed by atoms with E-state index in [9.17, 15) is 13.2 Å². The highest BCUT2D eigenvalue weighted by Crippen LogP contribution is 2.34. The van der Waals surface area contributed by atoms with Crippen LogP contribution < -0.4 is 18.9 Å². The number of rotatable bonds is 6. The van der Waals surface area contributed by atoms with Crippen LogP contribution in [0.2, 0.25) is 0 Å². The summed E-state index contributed by atoms with van der Waals surface area (Å²) in [4.78, 5) is 11.4. The molecule has 0 saturated carbocycles. The molecule has 8 nitrogen and oxygen atoms in total. The van der Waals surface area contributed by atoms with Gasteiger partial charge in [-0.25, -0.2) is 13.2 Å². The summed E-state index contributed by atoms with van der Waals surface area (Å²) in [6.07, 6.45) is 0. The zero-order chi connectivity index (χ0) is 20.0. The molecule has 1 aliphatic rings. The van der Waals surface area contributed by atoms with E-state index in [1.165, 1.54) is 31.4 Å². The van der Waals surface area contributed by atoms with E-state index in [0.29, 0.717) is 17.2 Å². The molecule has 0 saturated heterocycles. The van der Waals surface area contributed by atoms with Crippen molar-refractivity contribution in [2.24, 2.45) is 0 Å². The SMILES string of the molecule is COC(=O)c1ccc(S(=O)(=O)NCC#CCOc2ccc3c(c2)OCO3)cc1. The molecular weight excluding hydrogens is 386 g/mol. The Balaban J connectivity index is 1.48. The van der Waals surface area contributed by atoms with Crippen LogP contribution in [0.3, 0.4) is 0 Å². The lowest BCUT2D eigenvalue weighted by Gasteiger charge is -2.05. The summed E-state index contributed by atoms with van der Waals surface area (Å²) >= 11 is 0. The fourth-order valence-corrected chi connectivity index (χ4v) is 3.23. The summed E-state index contributed by atoms with van der Waals surface area (Å²) < 4.78 is 47.2. The van der Waals surface area contributed by atoms with Crippen LogP contribution in [-0.2, 0) is 14.8 Å². The van der Waals surface area contributed by atoms with Crippen LogP contribution in [0.25, 0.3) is 0 Å². The number of nitrogens with one attached hydrogen (secondary N) is 1. The summed E-state index contributed by atoms with van der Waals surface area (Å²) in [5, 5.41) is 0. The molecule has 0 atom stereocenters. The molecule has 3 rings (SSSR count). The van der Waals surface area contributed by atoms with Crippen molar-refractivity contribution in [1.82, 2.24) is 4.72 Å². The first-order chi connectivity index (χ1) is 13.5. The quantitative estimate of drug-likeness (QED) is 0.577. The molecule has 0 radical (unpaired) electrons. The van der Waals surface area contributed by atoms with Crippen molar-refractivity contribution in [1.29, 1.82) is 0 Å². The van der Waals surface area contributed by atoms with E-state index in [1.54, 1.807) is 18.2 Å². The smallest absolute Gasteiger partial charge is 0.337 e. The van der Waals surface area contributed by atoms with Crippen molar-refractivity contribution in [3.63, 3.8) is 0 Å². The highest BCUT2D eigenvalue weighted by Gasteiger charge is 2.14. The Bertz CT molecular complexity index is 1020. The molecule has 9 heteroatoms. The molecule has 2 aromatic carbocycles. The van der Waals surface area contributed by atoms with Crippen LogP contribution in [-0.4, -0.2) is 41.4 Å². The minimum atomic E-state index is -3.73. The van der Waals surface area contributed by atoms with E-state index in [1.807, 2.05) is 0 Å². The van der Waals surface area contributed by atoms with Crippen LogP contribution in [0.15, 0.2) is 47.4 Å². The second kappa shape index (κ2) is 8.65. The van der Waals surface area contributed by atoms with Crippen molar-refractivity contribution >= 4 is 16.0 Å². The Morgan fingerprint density at radius 3 is 2.61 bits per heavy atom. The molecule has 0 aromatic heterocycles. The second-order valence-corrected chi connectivity index (χ2v) is 7.26. The molecule has 0 spiro atoms. The number of hydrogen-bond acceptors (Lipinski definition) is 7. The molecule has 146 valence electrons. The molecule has 0 aliphatic carbocycles. The van der Waals surface area contributed by atoms with Gasteiger partial charge in [0.15, 0.2) is 11.5 Å². The number of esters is 1. The Hall–Kier alpha value is -3.22. The summed E-state index contributed by atoms with van der Waals surface area (Å²) in [5.74, 6) is 6.71. The Morgan fingerprint density at radius 2 is 1.86 bits per heavy atom. The van der Waals surface area contributed by atoms with E-state index < -0.39 is 16.0 Å². The number of sulfonamides is 1. The van der Waals surface area contributed by atoms with Gasteiger partial charge < -0.3 is 18.9 Å². The Morgan fingerprint density at radius 1 is 1.11 bits per heavy atom. The number of methoxy groups -OCH3 is 1. The maximum atomic E-state index is 12.2. The van der Waals surface area contributed by atoms with E-state index in [2.05, 4.69) is 21.3 Å². The normalized spacial score (nSPS) is 12.0. The molecule has 0 amide bonds. The molecule has 1 N–H and O–H groups in total. The third-order valence-corrected chi connectivity index (χ3v) is 5.13. The molecule has 28 heavy (non-hydrogen) atoms. The van der Waals surface area contributed by atoms with Gasteiger partial charge in [-0.3, -0.25) is 0 Å². The van der Waals surface area contributed by atoms with Gasteiger partial charge in [0, 0.05) is 6.07 Å². The second-order valence-electron chi connectivity index (χ2n) is 5.50. The van der Waals surface area contributed by atoms with Gasteiger partial charge in [0.2, 0.25) is 16.8 Å². The minimum absolute atomic E-state index is 0.0264. The number of ether oxygens (including phenoxy) is 4. The molecular formula is C19H17NO7S. The van der Waals surface area contributed by atoms with E-state index in [-0.39, 0.29) is 30.4 Å². The van der Waals surface area contributed by atoms with E-state index in [4.69, 9.17) is 14.2 Å². The first kappa shape index (κ1) is 19.5. The molecule has 0 fully saturated rings. The predicted molar refractivity (Wildman–Crippen MR) is 98.8 cm³/mol. The lowest BCUT2D eigenvalue weighted by atomic mass is 10.2. The first-order valence-electron chi connectivity index (χ1n) is 8.16. The number of carbonyl (C=O) groups excluding carboxylic acids is 1. The van der Waals surface area contributed by atoms with Crippen molar-refractivity contribution in [2.45, 2.75) is 4.90 Å². The summed E-state index contributed by atoms with van der Waals surface area (Å²) in [6.45, 7) is 0.199. The van der Waals surface area contributed by atoms with Gasteiger partial charge in [0.05, 0.1) is 24.1 Å². The number of benzene rings is 2. The highest BCUT2D eigenvalue weighted by atomic mass is 32.2. The van der Waals surface area contributed by atoms with Crippen LogP contribution in [0.5, 0.6) is 17.2 Å². The maximum Gasteiger partial charge on any atom is 0.337 e. The largest absolute Gasteiger partial charge is 0.481 e. The number of fused-ring (bicyclic) bond motifs is 1. The molecule has 1 aliphatic heterocycles. The third-order valence-electron chi connectivity index (χ3n) is 3.72. The lowest BCUT2D eigenvalue weighted by Crippen LogP contribution is -2.24. The zero-order valence-corrected chi connectivity index (χ0v) is 15.7. The highest BCUT2D eigenvalue weighted by molar-refractivity contribution is 7.89. The van der Waals surface area contributed by atoms with Gasteiger partial charge in [-0.05, 0) is 36.4 Å². The molecule has 0 unspecified atom stereocenters. The average molecular weight is 403 g/mol. The number of carbonyl (C=O) groups is 1. The van der Waals surface area contributed by atoms with Crippen LogP contribution in [0.1, 0.15) is 10.4 Å². The standard InChI is InChI=1S/C19H17NO7S/c1-24-19(21)14-4-7-16(8-5-14)28(22,23)20-10-2-3-11-25-15-6-9-17-18(12-15)27-13-26-17/h4-9,12,20H,10-11,13H2,1H3. The monoisotopic (exact) mass is 403 g/mol. The molecule has 2 aromatic rings. The maximum absolute atomic E-state index is 12.2. The van der Waals surface area contributed by atoms with Crippen LogP contribution in [0.4, 0.5) is 0 Å². The van der Waals surface area contributed by atoms with Crippen LogP contribution >= 0.6 is 0 Å². The molecule has 1 heterocycles. The zero-order valence-electron chi connectivity index (χ0n) is 14.9. The summed E-state index contributed by atoms with van der Waals surface area (Å²) in [5.41, 5.74) is 0.266. The van der Waals surface area contributed by atoms with Crippen LogP contribution in [0, 0.1) is 11.8 Å². The lowest BCUT2D eigenvalue weighted by molar-refractivity contribution is 0.0600. The van der Waals surface area contributed by atoms with Gasteiger partial charge >= 0.3 is 5.97 Å². The average Bonchev–Trinajstić information content (AvgIpc) is 3.18. The first-order valence-corrected chi connectivity index (χ1v) is 9.64. The summed E-state index contributed by atoms with van der Waals surface area (Å²) in [7, 11) is -2.48. The van der Waals surface area contributed by atoms with Gasteiger partial charge in [-0.1, -0.05) is 11.8 Å². The number of hydrogen-bond donors (Lipinski definition) is 1. The van der Waals surface area contributed by atoms with Crippen molar-refractivity contribution in [3.8, 4) is 29.1 Å². The minimum Gasteiger partial charge on any atom is -0.481 e. The fraction of sp³-hybridized carbons (Fsp3) is 0.211.